The molecule has 2 aromatic carbocycles. The molecular formula is C23H24N4O2. The van der Waals surface area contributed by atoms with Crippen LogP contribution in [0.3, 0.4) is 0 Å². The molecule has 4 rings (SSSR count). The number of nitrogens with zero attached hydrogens (tertiary/aromatic N) is 2. The number of nitriles is 1. The van der Waals surface area contributed by atoms with Crippen LogP contribution in [-0.2, 0) is 5.60 Å². The van der Waals surface area contributed by atoms with Crippen LogP contribution in [0.4, 0.5) is 0 Å². The molecule has 3 N–H and O–H groups in total. The summed E-state index contributed by atoms with van der Waals surface area (Å²) in [6.45, 7) is 7.88. The van der Waals surface area contributed by atoms with E-state index < -0.39 is 5.60 Å². The van der Waals surface area contributed by atoms with Gasteiger partial charge in [0.05, 0.1) is 28.8 Å². The van der Waals surface area contributed by atoms with E-state index in [0.29, 0.717) is 34.6 Å². The van der Waals surface area contributed by atoms with Crippen molar-refractivity contribution < 1.29 is 9.84 Å². The fourth-order valence-electron chi connectivity index (χ4n) is 3.89. The zero-order chi connectivity index (χ0) is 20.8. The van der Waals surface area contributed by atoms with Gasteiger partial charge in [-0.15, -0.1) is 0 Å². The van der Waals surface area contributed by atoms with Gasteiger partial charge in [0.25, 0.3) is 0 Å². The number of ether oxygens (including phenoxy) is 1. The van der Waals surface area contributed by atoms with Crippen molar-refractivity contribution in [3.8, 4) is 11.8 Å². The van der Waals surface area contributed by atoms with Crippen molar-refractivity contribution in [3.05, 3.63) is 59.0 Å². The molecule has 0 spiro atoms. The number of imidazole rings is 1. The van der Waals surface area contributed by atoms with Crippen LogP contribution in [0.5, 0.6) is 5.75 Å². The molecule has 6 heteroatoms. The van der Waals surface area contributed by atoms with E-state index >= 15 is 0 Å². The molecule has 148 valence electrons. The van der Waals surface area contributed by atoms with Crippen LogP contribution in [0.25, 0.3) is 21.9 Å². The predicted molar refractivity (Wildman–Crippen MR) is 113 cm³/mol. The van der Waals surface area contributed by atoms with Gasteiger partial charge in [-0.2, -0.15) is 5.26 Å². The maximum atomic E-state index is 11.9. The monoisotopic (exact) mass is 388 g/mol. The van der Waals surface area contributed by atoms with Crippen LogP contribution < -0.4 is 4.74 Å². The highest BCUT2D eigenvalue weighted by Crippen LogP contribution is 2.43. The van der Waals surface area contributed by atoms with Gasteiger partial charge in [-0.05, 0) is 63.1 Å². The molecule has 0 saturated carbocycles. The van der Waals surface area contributed by atoms with E-state index in [-0.39, 0.29) is 6.10 Å². The Morgan fingerprint density at radius 1 is 1.28 bits per heavy atom. The van der Waals surface area contributed by atoms with E-state index in [1.54, 1.807) is 18.2 Å². The van der Waals surface area contributed by atoms with Crippen LogP contribution in [0.2, 0.25) is 0 Å². The molecule has 0 fully saturated rings. The van der Waals surface area contributed by atoms with Gasteiger partial charge in [0, 0.05) is 22.7 Å². The number of nitrogens with one attached hydrogen (secondary N) is 2. The van der Waals surface area contributed by atoms with Crippen molar-refractivity contribution in [2.45, 2.75) is 45.8 Å². The number of rotatable bonds is 5. The summed E-state index contributed by atoms with van der Waals surface area (Å²) in [7, 11) is 0. The lowest BCUT2D eigenvalue weighted by Crippen LogP contribution is -2.29. The summed E-state index contributed by atoms with van der Waals surface area (Å²) in [4.78, 5) is 11.2. The fourth-order valence-corrected chi connectivity index (χ4v) is 3.89. The molecule has 0 saturated heterocycles. The number of hydrogen-bond acceptors (Lipinski definition) is 4. The van der Waals surface area contributed by atoms with Gasteiger partial charge < -0.3 is 19.8 Å². The van der Waals surface area contributed by atoms with Gasteiger partial charge in [0.1, 0.15) is 11.6 Å². The Labute approximate surface area is 169 Å². The minimum atomic E-state index is -1.38. The Hall–Kier alpha value is -3.30. The van der Waals surface area contributed by atoms with Crippen LogP contribution in [0, 0.1) is 18.3 Å². The molecule has 2 heterocycles. The van der Waals surface area contributed by atoms with Crippen LogP contribution in [0.15, 0.2) is 36.5 Å². The predicted octanol–water partition coefficient (Wildman–Crippen LogP) is 4.66. The highest BCUT2D eigenvalue weighted by Gasteiger charge is 2.38. The molecule has 2 aromatic heterocycles. The van der Waals surface area contributed by atoms with E-state index in [2.05, 4.69) is 21.0 Å². The third-order valence-corrected chi connectivity index (χ3v) is 5.30. The summed E-state index contributed by atoms with van der Waals surface area (Å²) in [5.41, 5.74) is 3.28. The summed E-state index contributed by atoms with van der Waals surface area (Å²) < 4.78 is 6.13. The zero-order valence-electron chi connectivity index (χ0n) is 17.0. The molecule has 6 nitrogen and oxygen atoms in total. The number of aromatic nitrogens is 3. The molecule has 0 amide bonds. The lowest BCUT2D eigenvalue weighted by molar-refractivity contribution is 0.0649. The summed E-state index contributed by atoms with van der Waals surface area (Å²) in [5.74, 6) is 1.08. The molecule has 29 heavy (non-hydrogen) atoms. The number of H-pyrrole nitrogens is 2. The Morgan fingerprint density at radius 2 is 2.07 bits per heavy atom. The molecule has 1 unspecified atom stereocenters. The van der Waals surface area contributed by atoms with Gasteiger partial charge in [-0.3, -0.25) is 0 Å². The Kier molecular flexibility index (Phi) is 4.56. The van der Waals surface area contributed by atoms with E-state index in [1.165, 1.54) is 0 Å². The van der Waals surface area contributed by atoms with E-state index in [4.69, 9.17) is 4.74 Å². The second-order valence-electron chi connectivity index (χ2n) is 7.64. The molecule has 0 bridgehead atoms. The van der Waals surface area contributed by atoms with E-state index in [9.17, 15) is 10.4 Å². The number of hydrogen-bond donors (Lipinski definition) is 3. The lowest BCUT2D eigenvalue weighted by atomic mass is 9.86. The fraction of sp³-hybridized carbons (Fsp3) is 0.304. The molecule has 0 aliphatic carbocycles. The lowest BCUT2D eigenvalue weighted by Gasteiger charge is -2.29. The SMILES string of the molecule is CCC(O)(c1nc2ccc(C#N)cc2[nH]1)c1c(OC(C)C)cc(C)c2[nH]ccc12. The molecule has 1 atom stereocenters. The molecule has 0 aliphatic heterocycles. The van der Waals surface area contributed by atoms with Gasteiger partial charge in [-0.25, -0.2) is 4.98 Å². The number of aromatic amines is 2. The van der Waals surface area contributed by atoms with Gasteiger partial charge in [0.15, 0.2) is 5.60 Å². The standard InChI is InChI=1S/C23H24N4O2/c1-5-23(28,22-26-17-7-6-15(12-24)11-18(17)27-22)20-16-8-9-25-21(16)14(4)10-19(20)29-13(2)3/h6-11,13,25,28H,5H2,1-4H3,(H,26,27). The average molecular weight is 388 g/mol. The van der Waals surface area contributed by atoms with Crippen molar-refractivity contribution in [3.63, 3.8) is 0 Å². The van der Waals surface area contributed by atoms with Crippen LogP contribution in [0.1, 0.15) is 49.7 Å². The molecular weight excluding hydrogens is 364 g/mol. The number of aryl methyl sites for hydroxylation is 1. The van der Waals surface area contributed by atoms with Crippen molar-refractivity contribution in [2.24, 2.45) is 0 Å². The zero-order valence-corrected chi connectivity index (χ0v) is 17.0. The van der Waals surface area contributed by atoms with Crippen molar-refractivity contribution >= 4 is 21.9 Å². The summed E-state index contributed by atoms with van der Waals surface area (Å²) in [6, 6.07) is 11.3. The molecule has 4 aromatic rings. The maximum absolute atomic E-state index is 11.9. The normalized spacial score (nSPS) is 13.7. The number of benzene rings is 2. The topological polar surface area (TPSA) is 97.7 Å². The maximum Gasteiger partial charge on any atom is 0.151 e. The first kappa shape index (κ1) is 19.0. The minimum Gasteiger partial charge on any atom is -0.491 e. The van der Waals surface area contributed by atoms with E-state index in [0.717, 1.165) is 22.0 Å². The average Bonchev–Trinajstić information content (AvgIpc) is 3.34. The first-order chi connectivity index (χ1) is 13.9. The third kappa shape index (κ3) is 3.04. The summed E-state index contributed by atoms with van der Waals surface area (Å²) in [5, 5.41) is 22.0. The van der Waals surface area contributed by atoms with Crippen molar-refractivity contribution in [2.75, 3.05) is 0 Å². The first-order valence-electron chi connectivity index (χ1n) is 9.78. The highest BCUT2D eigenvalue weighted by molar-refractivity contribution is 5.89. The highest BCUT2D eigenvalue weighted by atomic mass is 16.5. The van der Waals surface area contributed by atoms with Crippen LogP contribution >= 0.6 is 0 Å². The summed E-state index contributed by atoms with van der Waals surface area (Å²) in [6.07, 6.45) is 2.23. The number of fused-ring (bicyclic) bond motifs is 2. The Morgan fingerprint density at radius 3 is 2.76 bits per heavy atom. The molecule has 0 aliphatic rings. The second kappa shape index (κ2) is 6.94. The third-order valence-electron chi connectivity index (χ3n) is 5.30. The number of aliphatic hydroxyl groups is 1. The van der Waals surface area contributed by atoms with E-state index in [1.807, 2.05) is 46.0 Å². The second-order valence-corrected chi connectivity index (χ2v) is 7.64. The van der Waals surface area contributed by atoms with Gasteiger partial charge in [0.2, 0.25) is 0 Å². The van der Waals surface area contributed by atoms with Gasteiger partial charge in [-0.1, -0.05) is 6.92 Å². The Bertz CT molecular complexity index is 1250. The van der Waals surface area contributed by atoms with Crippen LogP contribution in [-0.4, -0.2) is 26.2 Å². The quantitative estimate of drug-likeness (QED) is 0.463. The summed E-state index contributed by atoms with van der Waals surface area (Å²) >= 11 is 0. The first-order valence-corrected chi connectivity index (χ1v) is 9.78. The Balaban J connectivity index is 2.00. The molecule has 0 radical (unpaired) electrons. The van der Waals surface area contributed by atoms with Gasteiger partial charge >= 0.3 is 0 Å². The largest absolute Gasteiger partial charge is 0.491 e. The smallest absolute Gasteiger partial charge is 0.151 e. The van der Waals surface area contributed by atoms with Crippen molar-refractivity contribution in [1.29, 1.82) is 5.26 Å². The van der Waals surface area contributed by atoms with Crippen molar-refractivity contribution in [1.82, 2.24) is 15.0 Å². The minimum absolute atomic E-state index is 0.0421.